The van der Waals surface area contributed by atoms with E-state index in [9.17, 15) is 13.6 Å². The first-order valence-corrected chi connectivity index (χ1v) is 8.99. The zero-order chi connectivity index (χ0) is 18.4. The molecule has 0 bridgehead atoms. The van der Waals surface area contributed by atoms with Gasteiger partial charge in [0.05, 0.1) is 24.9 Å². The number of carbonyl (C=O) groups is 1. The van der Waals surface area contributed by atoms with E-state index in [-0.39, 0.29) is 6.54 Å². The Hall–Kier alpha value is -1.80. The SMILES string of the molecule is COC(=O)c1ccc(CN(CCc2ccc(C)c(Cl)c2)S(=O)O)nc1. The number of nitrogens with zero attached hydrogens (tertiary/aromatic N) is 2. The topological polar surface area (TPSA) is 79.7 Å². The highest BCUT2D eigenvalue weighted by Crippen LogP contribution is 2.17. The molecule has 0 saturated carbocycles. The Labute approximate surface area is 154 Å². The van der Waals surface area contributed by atoms with Crippen LogP contribution in [0, 0.1) is 6.92 Å². The average molecular weight is 383 g/mol. The molecule has 0 fully saturated rings. The molecule has 1 aromatic carbocycles. The van der Waals surface area contributed by atoms with Crippen molar-refractivity contribution in [1.82, 2.24) is 9.29 Å². The summed E-state index contributed by atoms with van der Waals surface area (Å²) in [4.78, 5) is 15.5. The van der Waals surface area contributed by atoms with Crippen LogP contribution in [-0.4, -0.2) is 37.7 Å². The molecule has 8 heteroatoms. The first-order chi connectivity index (χ1) is 11.9. The van der Waals surface area contributed by atoms with Gasteiger partial charge in [0.15, 0.2) is 0 Å². The van der Waals surface area contributed by atoms with Gasteiger partial charge in [0, 0.05) is 17.8 Å². The summed E-state index contributed by atoms with van der Waals surface area (Å²) in [7, 11) is 1.30. The molecule has 0 amide bonds. The normalized spacial score (nSPS) is 12.2. The third-order valence-electron chi connectivity index (χ3n) is 3.69. The Morgan fingerprint density at radius 1 is 1.36 bits per heavy atom. The summed E-state index contributed by atoms with van der Waals surface area (Å²) in [6, 6.07) is 8.94. The molecule has 1 heterocycles. The van der Waals surface area contributed by atoms with E-state index in [0.29, 0.717) is 29.2 Å². The van der Waals surface area contributed by atoms with Crippen molar-refractivity contribution in [2.24, 2.45) is 0 Å². The van der Waals surface area contributed by atoms with Crippen molar-refractivity contribution < 1.29 is 18.3 Å². The molecular weight excluding hydrogens is 364 g/mol. The van der Waals surface area contributed by atoms with Gasteiger partial charge < -0.3 is 4.74 Å². The van der Waals surface area contributed by atoms with Crippen LogP contribution in [0.5, 0.6) is 0 Å². The molecule has 1 aromatic heterocycles. The molecule has 2 aromatic rings. The molecule has 1 atom stereocenters. The molecule has 0 spiro atoms. The van der Waals surface area contributed by atoms with Gasteiger partial charge in [-0.25, -0.2) is 9.00 Å². The van der Waals surface area contributed by atoms with Gasteiger partial charge >= 0.3 is 5.97 Å². The molecule has 0 aliphatic heterocycles. The molecule has 25 heavy (non-hydrogen) atoms. The lowest BCUT2D eigenvalue weighted by molar-refractivity contribution is 0.0600. The summed E-state index contributed by atoms with van der Waals surface area (Å²) in [6.07, 6.45) is 1.96. The number of pyridine rings is 1. The standard InChI is InChI=1S/C17H19ClN2O4S/c1-12-3-4-13(9-16(12)18)7-8-20(25(22)23)11-15-6-5-14(10-19-15)17(21)24-2/h3-6,9-10H,7-8,11H2,1-2H3,(H,22,23). The Morgan fingerprint density at radius 3 is 2.68 bits per heavy atom. The molecule has 1 unspecified atom stereocenters. The fraction of sp³-hybridized carbons (Fsp3) is 0.294. The number of hydrogen-bond acceptors (Lipinski definition) is 4. The van der Waals surface area contributed by atoms with Gasteiger partial charge in [-0.3, -0.25) is 9.54 Å². The second kappa shape index (κ2) is 9.05. The van der Waals surface area contributed by atoms with Crippen molar-refractivity contribution >= 4 is 28.8 Å². The van der Waals surface area contributed by atoms with E-state index in [0.717, 1.165) is 11.1 Å². The van der Waals surface area contributed by atoms with E-state index in [1.54, 1.807) is 12.1 Å². The van der Waals surface area contributed by atoms with Gasteiger partial charge in [0.25, 0.3) is 0 Å². The number of aromatic nitrogens is 1. The van der Waals surface area contributed by atoms with Crippen LogP contribution in [0.15, 0.2) is 36.5 Å². The average Bonchev–Trinajstić information content (AvgIpc) is 2.61. The van der Waals surface area contributed by atoms with Crippen LogP contribution in [0.25, 0.3) is 0 Å². The highest BCUT2D eigenvalue weighted by molar-refractivity contribution is 7.76. The molecule has 0 aliphatic carbocycles. The summed E-state index contributed by atoms with van der Waals surface area (Å²) in [6.45, 7) is 2.47. The number of carbonyl (C=O) groups excluding carboxylic acids is 1. The molecule has 0 saturated heterocycles. The number of esters is 1. The predicted octanol–water partition coefficient (Wildman–Crippen LogP) is 3.01. The highest BCUT2D eigenvalue weighted by atomic mass is 35.5. The fourth-order valence-corrected chi connectivity index (χ4v) is 2.89. The smallest absolute Gasteiger partial charge is 0.339 e. The summed E-state index contributed by atoms with van der Waals surface area (Å²) < 4.78 is 27.1. The van der Waals surface area contributed by atoms with Gasteiger partial charge in [0.2, 0.25) is 11.3 Å². The van der Waals surface area contributed by atoms with Crippen molar-refractivity contribution in [2.45, 2.75) is 19.9 Å². The van der Waals surface area contributed by atoms with Crippen LogP contribution in [0.2, 0.25) is 5.02 Å². The van der Waals surface area contributed by atoms with Gasteiger partial charge in [-0.1, -0.05) is 23.7 Å². The van der Waals surface area contributed by atoms with Crippen molar-refractivity contribution in [2.75, 3.05) is 13.7 Å². The third-order valence-corrected chi connectivity index (χ3v) is 4.85. The highest BCUT2D eigenvalue weighted by Gasteiger charge is 2.14. The van der Waals surface area contributed by atoms with Crippen LogP contribution in [0.1, 0.15) is 27.2 Å². The number of halogens is 1. The zero-order valence-corrected chi connectivity index (χ0v) is 15.5. The number of rotatable bonds is 7. The minimum atomic E-state index is -2.13. The molecule has 134 valence electrons. The van der Waals surface area contributed by atoms with Crippen LogP contribution in [-0.2, 0) is 29.0 Å². The van der Waals surface area contributed by atoms with Crippen LogP contribution < -0.4 is 0 Å². The molecular formula is C17H19ClN2O4S. The van der Waals surface area contributed by atoms with Crippen molar-refractivity contribution in [3.05, 3.63) is 63.9 Å². The van der Waals surface area contributed by atoms with E-state index >= 15 is 0 Å². The lowest BCUT2D eigenvalue weighted by Gasteiger charge is -2.17. The molecule has 6 nitrogen and oxygen atoms in total. The van der Waals surface area contributed by atoms with Gasteiger partial charge in [0.1, 0.15) is 0 Å². The summed E-state index contributed by atoms with van der Waals surface area (Å²) in [5.41, 5.74) is 2.89. The fourth-order valence-electron chi connectivity index (χ4n) is 2.20. The minimum absolute atomic E-state index is 0.185. The van der Waals surface area contributed by atoms with Crippen molar-refractivity contribution in [3.63, 3.8) is 0 Å². The van der Waals surface area contributed by atoms with Crippen molar-refractivity contribution in [3.8, 4) is 0 Å². The summed E-state index contributed by atoms with van der Waals surface area (Å²) in [5, 5.41) is 0.675. The first-order valence-electron chi connectivity index (χ1n) is 7.55. The minimum Gasteiger partial charge on any atom is -0.465 e. The van der Waals surface area contributed by atoms with E-state index in [4.69, 9.17) is 11.6 Å². The van der Waals surface area contributed by atoms with Gasteiger partial charge in [-0.05, 0) is 42.7 Å². The second-order valence-corrected chi connectivity index (χ2v) is 6.84. The first kappa shape index (κ1) is 19.5. The van der Waals surface area contributed by atoms with Gasteiger partial charge in [-0.2, -0.15) is 4.31 Å². The summed E-state index contributed by atoms with van der Waals surface area (Å²) in [5.74, 6) is -0.474. The molecule has 1 N–H and O–H groups in total. The number of ether oxygens (including phenoxy) is 1. The van der Waals surface area contributed by atoms with E-state index in [1.165, 1.54) is 17.6 Å². The van der Waals surface area contributed by atoms with E-state index < -0.39 is 17.2 Å². The molecule has 0 radical (unpaired) electrons. The zero-order valence-electron chi connectivity index (χ0n) is 13.9. The number of methoxy groups -OCH3 is 1. The van der Waals surface area contributed by atoms with Gasteiger partial charge in [-0.15, -0.1) is 0 Å². The maximum Gasteiger partial charge on any atom is 0.339 e. The van der Waals surface area contributed by atoms with Crippen LogP contribution in [0.4, 0.5) is 0 Å². The monoisotopic (exact) mass is 382 g/mol. The number of aryl methyl sites for hydroxylation is 1. The lowest BCUT2D eigenvalue weighted by atomic mass is 10.1. The maximum absolute atomic E-state index is 11.6. The molecule has 0 aliphatic rings. The Morgan fingerprint density at radius 2 is 2.12 bits per heavy atom. The quantitative estimate of drug-likeness (QED) is 0.588. The lowest BCUT2D eigenvalue weighted by Crippen LogP contribution is -2.28. The van der Waals surface area contributed by atoms with Crippen LogP contribution >= 0.6 is 11.6 Å². The molecule has 2 rings (SSSR count). The Kier molecular flexibility index (Phi) is 7.07. The van der Waals surface area contributed by atoms with Crippen LogP contribution in [0.3, 0.4) is 0 Å². The number of hydrogen-bond donors (Lipinski definition) is 1. The Balaban J connectivity index is 2.01. The predicted molar refractivity (Wildman–Crippen MR) is 96.7 cm³/mol. The summed E-state index contributed by atoms with van der Waals surface area (Å²) >= 11 is 3.97. The number of benzene rings is 1. The van der Waals surface area contributed by atoms with E-state index in [1.807, 2.05) is 25.1 Å². The van der Waals surface area contributed by atoms with E-state index in [2.05, 4.69) is 9.72 Å². The second-order valence-electron chi connectivity index (χ2n) is 5.46. The largest absolute Gasteiger partial charge is 0.465 e. The Bertz CT molecular complexity index is 768. The van der Waals surface area contributed by atoms with Crippen molar-refractivity contribution in [1.29, 1.82) is 0 Å². The third kappa shape index (κ3) is 5.61. The maximum atomic E-state index is 11.6.